The van der Waals surface area contributed by atoms with Crippen LogP contribution in [0.25, 0.3) is 11.3 Å². The van der Waals surface area contributed by atoms with Gasteiger partial charge in [-0.2, -0.15) is 4.98 Å². The zero-order chi connectivity index (χ0) is 14.7. The summed E-state index contributed by atoms with van der Waals surface area (Å²) in [6.07, 6.45) is -0.0631. The van der Waals surface area contributed by atoms with E-state index in [1.54, 1.807) is 24.3 Å². The van der Waals surface area contributed by atoms with Crippen molar-refractivity contribution in [1.82, 2.24) is 9.97 Å². The van der Waals surface area contributed by atoms with Crippen LogP contribution < -0.4 is 10.5 Å². The number of rotatable bonds is 4. The van der Waals surface area contributed by atoms with Crippen LogP contribution >= 0.6 is 0 Å². The average Bonchev–Trinajstić information content (AvgIpc) is 2.37. The van der Waals surface area contributed by atoms with Crippen LogP contribution in [0.4, 0.5) is 5.95 Å². The number of aromatic carboxylic acids is 1. The molecule has 0 aliphatic rings. The second-order valence-corrected chi connectivity index (χ2v) is 4.47. The number of hydrogen-bond donors (Lipinski definition) is 2. The Balaban J connectivity index is 2.53. The molecular weight excluding hydrogens is 258 g/mol. The van der Waals surface area contributed by atoms with Gasteiger partial charge in [0.1, 0.15) is 0 Å². The van der Waals surface area contributed by atoms with Crippen LogP contribution in [0.2, 0.25) is 0 Å². The molecule has 0 spiro atoms. The molecule has 3 N–H and O–H groups in total. The number of anilines is 1. The zero-order valence-electron chi connectivity index (χ0n) is 11.2. The SMILES string of the molecule is CC(C)Oc1cc(-c2ccccc2C(=O)O)nc(N)n1. The molecule has 1 aromatic carbocycles. The van der Waals surface area contributed by atoms with E-state index in [0.29, 0.717) is 17.1 Å². The Labute approximate surface area is 116 Å². The van der Waals surface area contributed by atoms with Gasteiger partial charge in [0, 0.05) is 11.6 Å². The molecule has 0 bridgehead atoms. The first-order valence-corrected chi connectivity index (χ1v) is 6.11. The summed E-state index contributed by atoms with van der Waals surface area (Å²) in [4.78, 5) is 19.3. The molecule has 0 unspecified atom stereocenters. The Morgan fingerprint density at radius 1 is 1.30 bits per heavy atom. The molecule has 0 aliphatic heterocycles. The van der Waals surface area contributed by atoms with Gasteiger partial charge in [-0.15, -0.1) is 0 Å². The molecule has 0 radical (unpaired) electrons. The van der Waals surface area contributed by atoms with Crippen LogP contribution in [0.15, 0.2) is 30.3 Å². The minimum atomic E-state index is -1.02. The zero-order valence-corrected chi connectivity index (χ0v) is 11.2. The van der Waals surface area contributed by atoms with E-state index in [1.807, 2.05) is 13.8 Å². The molecule has 0 aliphatic carbocycles. The van der Waals surface area contributed by atoms with E-state index in [2.05, 4.69) is 9.97 Å². The highest BCUT2D eigenvalue weighted by Gasteiger charge is 2.14. The number of carboxylic acid groups (broad SMARTS) is 1. The smallest absolute Gasteiger partial charge is 0.336 e. The fourth-order valence-corrected chi connectivity index (χ4v) is 1.78. The van der Waals surface area contributed by atoms with Crippen LogP contribution in [0, 0.1) is 0 Å². The normalized spacial score (nSPS) is 10.6. The van der Waals surface area contributed by atoms with Gasteiger partial charge in [0.25, 0.3) is 0 Å². The second kappa shape index (κ2) is 5.56. The highest BCUT2D eigenvalue weighted by Crippen LogP contribution is 2.25. The lowest BCUT2D eigenvalue weighted by Gasteiger charge is -2.11. The third kappa shape index (κ3) is 3.03. The van der Waals surface area contributed by atoms with Gasteiger partial charge in [0.2, 0.25) is 11.8 Å². The first-order valence-electron chi connectivity index (χ1n) is 6.11. The van der Waals surface area contributed by atoms with Crippen LogP contribution in [0.1, 0.15) is 24.2 Å². The lowest BCUT2D eigenvalue weighted by atomic mass is 10.0. The largest absolute Gasteiger partial charge is 0.478 e. The summed E-state index contributed by atoms with van der Waals surface area (Å²) < 4.78 is 5.48. The van der Waals surface area contributed by atoms with E-state index >= 15 is 0 Å². The molecule has 2 rings (SSSR count). The fourth-order valence-electron chi connectivity index (χ4n) is 1.78. The van der Waals surface area contributed by atoms with Gasteiger partial charge in [-0.3, -0.25) is 0 Å². The van der Waals surface area contributed by atoms with Crippen molar-refractivity contribution in [2.75, 3.05) is 5.73 Å². The fraction of sp³-hybridized carbons (Fsp3) is 0.214. The highest BCUT2D eigenvalue weighted by atomic mass is 16.5. The second-order valence-electron chi connectivity index (χ2n) is 4.47. The van der Waals surface area contributed by atoms with Crippen LogP contribution in [0.5, 0.6) is 5.88 Å². The number of benzene rings is 1. The van der Waals surface area contributed by atoms with Gasteiger partial charge in [-0.25, -0.2) is 9.78 Å². The monoisotopic (exact) mass is 273 g/mol. The van der Waals surface area contributed by atoms with Crippen LogP contribution in [0.3, 0.4) is 0 Å². The third-order valence-corrected chi connectivity index (χ3v) is 2.51. The quantitative estimate of drug-likeness (QED) is 0.886. The molecule has 6 heteroatoms. The van der Waals surface area contributed by atoms with Gasteiger partial charge in [0.05, 0.1) is 17.4 Å². The molecule has 0 saturated carbocycles. The molecule has 2 aromatic rings. The number of nitrogen functional groups attached to an aromatic ring is 1. The summed E-state index contributed by atoms with van der Waals surface area (Å²) in [5.41, 5.74) is 6.70. The lowest BCUT2D eigenvalue weighted by Crippen LogP contribution is -2.09. The molecule has 104 valence electrons. The third-order valence-electron chi connectivity index (χ3n) is 2.51. The predicted octanol–water partition coefficient (Wildman–Crippen LogP) is 2.21. The predicted molar refractivity (Wildman–Crippen MR) is 74.6 cm³/mol. The maximum absolute atomic E-state index is 11.2. The lowest BCUT2D eigenvalue weighted by molar-refractivity contribution is 0.0697. The van der Waals surface area contributed by atoms with E-state index in [1.165, 1.54) is 6.07 Å². The van der Waals surface area contributed by atoms with Gasteiger partial charge in [-0.1, -0.05) is 18.2 Å². The first kappa shape index (κ1) is 13.8. The van der Waals surface area contributed by atoms with Crippen molar-refractivity contribution in [1.29, 1.82) is 0 Å². The van der Waals surface area contributed by atoms with Crippen LogP contribution in [-0.4, -0.2) is 27.1 Å². The Hall–Kier alpha value is -2.63. The number of nitrogens with two attached hydrogens (primary N) is 1. The Morgan fingerprint density at radius 2 is 2.00 bits per heavy atom. The maximum atomic E-state index is 11.2. The van der Waals surface area contributed by atoms with Gasteiger partial charge < -0.3 is 15.6 Å². The van der Waals surface area contributed by atoms with E-state index < -0.39 is 5.97 Å². The standard InChI is InChI=1S/C14H15N3O3/c1-8(2)20-12-7-11(16-14(15)17-12)9-5-3-4-6-10(9)13(18)19/h3-8H,1-2H3,(H,18,19)(H2,15,16,17). The Morgan fingerprint density at radius 3 is 2.65 bits per heavy atom. The first-order chi connectivity index (χ1) is 9.47. The molecule has 6 nitrogen and oxygen atoms in total. The minimum absolute atomic E-state index is 0.0401. The number of hydrogen-bond acceptors (Lipinski definition) is 5. The average molecular weight is 273 g/mol. The van der Waals surface area contributed by atoms with Crippen molar-refractivity contribution in [3.8, 4) is 17.1 Å². The highest BCUT2D eigenvalue weighted by molar-refractivity contribution is 5.95. The van der Waals surface area contributed by atoms with Crippen molar-refractivity contribution >= 4 is 11.9 Å². The topological polar surface area (TPSA) is 98.3 Å². The number of carbonyl (C=O) groups is 1. The van der Waals surface area contributed by atoms with E-state index in [4.69, 9.17) is 10.5 Å². The number of ether oxygens (including phenoxy) is 1. The van der Waals surface area contributed by atoms with Crippen molar-refractivity contribution in [3.63, 3.8) is 0 Å². The summed E-state index contributed by atoms with van der Waals surface area (Å²) in [5, 5.41) is 9.21. The van der Waals surface area contributed by atoms with Crippen molar-refractivity contribution < 1.29 is 14.6 Å². The summed E-state index contributed by atoms with van der Waals surface area (Å²) >= 11 is 0. The molecule has 0 saturated heterocycles. The molecule has 20 heavy (non-hydrogen) atoms. The van der Waals surface area contributed by atoms with E-state index in [0.717, 1.165) is 0 Å². The number of carboxylic acids is 1. The van der Waals surface area contributed by atoms with Crippen LogP contribution in [-0.2, 0) is 0 Å². The minimum Gasteiger partial charge on any atom is -0.478 e. The molecule has 0 atom stereocenters. The van der Waals surface area contributed by atoms with E-state index in [9.17, 15) is 9.90 Å². The molecule has 0 fully saturated rings. The number of aromatic nitrogens is 2. The maximum Gasteiger partial charge on any atom is 0.336 e. The molecule has 1 heterocycles. The van der Waals surface area contributed by atoms with Gasteiger partial charge in [-0.05, 0) is 19.9 Å². The molecule has 1 aromatic heterocycles. The number of nitrogens with zero attached hydrogens (tertiary/aromatic N) is 2. The summed E-state index contributed by atoms with van der Waals surface area (Å²) in [7, 11) is 0. The molecular formula is C14H15N3O3. The van der Waals surface area contributed by atoms with Crippen molar-refractivity contribution in [2.45, 2.75) is 20.0 Å². The summed E-state index contributed by atoms with van der Waals surface area (Å²) in [5.74, 6) is -0.662. The molecule has 0 amide bonds. The van der Waals surface area contributed by atoms with Crippen molar-refractivity contribution in [2.24, 2.45) is 0 Å². The Bertz CT molecular complexity index is 641. The van der Waals surface area contributed by atoms with Crippen molar-refractivity contribution in [3.05, 3.63) is 35.9 Å². The van der Waals surface area contributed by atoms with Gasteiger partial charge >= 0.3 is 5.97 Å². The van der Waals surface area contributed by atoms with Gasteiger partial charge in [0.15, 0.2) is 0 Å². The summed E-state index contributed by atoms with van der Waals surface area (Å²) in [6.45, 7) is 3.73. The van der Waals surface area contributed by atoms with E-state index in [-0.39, 0.29) is 17.6 Å². The Kier molecular flexibility index (Phi) is 3.84. The summed E-state index contributed by atoms with van der Waals surface area (Å²) in [6, 6.07) is 8.16.